The van der Waals surface area contributed by atoms with Crippen LogP contribution in [0.2, 0.25) is 0 Å². The van der Waals surface area contributed by atoms with E-state index < -0.39 is 23.7 Å². The lowest BCUT2D eigenvalue weighted by molar-refractivity contribution is -0.138. The third kappa shape index (κ3) is 7.28. The van der Waals surface area contributed by atoms with Crippen LogP contribution in [-0.4, -0.2) is 34.6 Å². The molecular formula is C20H31NO4S. The highest BCUT2D eigenvalue weighted by Crippen LogP contribution is 2.23. The number of unbranched alkanes of at least 4 members (excludes halogenated alkanes) is 3. The predicted octanol–water partition coefficient (Wildman–Crippen LogP) is 4.93. The first-order valence-electron chi connectivity index (χ1n) is 9.14. The summed E-state index contributed by atoms with van der Waals surface area (Å²) in [5, 5.41) is 9.48. The van der Waals surface area contributed by atoms with Gasteiger partial charge in [0.05, 0.1) is 0 Å². The first-order valence-corrected chi connectivity index (χ1v) is 9.77. The van der Waals surface area contributed by atoms with Crippen LogP contribution in [0.4, 0.5) is 10.5 Å². The van der Waals surface area contributed by atoms with Gasteiger partial charge in [-0.3, -0.25) is 4.90 Å². The van der Waals surface area contributed by atoms with E-state index in [4.69, 9.17) is 4.74 Å². The molecule has 0 heterocycles. The third-order valence-corrected chi connectivity index (χ3v) is 4.24. The molecule has 6 heteroatoms. The number of hydrogen-bond donors (Lipinski definition) is 2. The molecule has 0 saturated carbocycles. The van der Waals surface area contributed by atoms with Gasteiger partial charge >= 0.3 is 12.1 Å². The lowest BCUT2D eigenvalue weighted by Gasteiger charge is -2.31. The van der Waals surface area contributed by atoms with Gasteiger partial charge in [0.15, 0.2) is 0 Å². The molecule has 1 aromatic carbocycles. The van der Waals surface area contributed by atoms with Crippen LogP contribution in [0.15, 0.2) is 24.3 Å². The van der Waals surface area contributed by atoms with Crippen molar-refractivity contribution in [3.8, 4) is 0 Å². The quantitative estimate of drug-likeness (QED) is 0.470. The fourth-order valence-corrected chi connectivity index (χ4v) is 2.89. The standard InChI is InChI=1S/C20H31NO4S/c1-5-6-7-8-9-15-10-12-16(13-11-15)21(17(14-26)18(22)23)19(24)25-20(2,3)4/h10-13,17,26H,5-9,14H2,1-4H3,(H,22,23)/t17-/m1/s1. The summed E-state index contributed by atoms with van der Waals surface area (Å²) in [5.41, 5.74) is 0.957. The Kier molecular flexibility index (Phi) is 8.99. The van der Waals surface area contributed by atoms with Crippen molar-refractivity contribution in [2.24, 2.45) is 0 Å². The molecule has 0 unspecified atom stereocenters. The van der Waals surface area contributed by atoms with Crippen LogP contribution in [0.25, 0.3) is 0 Å². The number of rotatable bonds is 9. The predicted molar refractivity (Wildman–Crippen MR) is 108 cm³/mol. The SMILES string of the molecule is CCCCCCc1ccc(N(C(=O)OC(C)(C)C)[C@H](CS)C(=O)O)cc1. The number of aliphatic carboxylic acids is 1. The number of aryl methyl sites for hydroxylation is 1. The zero-order chi connectivity index (χ0) is 19.7. The van der Waals surface area contributed by atoms with E-state index in [0.717, 1.165) is 12.8 Å². The zero-order valence-electron chi connectivity index (χ0n) is 16.2. The highest BCUT2D eigenvalue weighted by atomic mass is 32.1. The van der Waals surface area contributed by atoms with Crippen molar-refractivity contribution in [1.82, 2.24) is 0 Å². The molecule has 26 heavy (non-hydrogen) atoms. The fraction of sp³-hybridized carbons (Fsp3) is 0.600. The van der Waals surface area contributed by atoms with Crippen LogP contribution in [0.3, 0.4) is 0 Å². The molecule has 0 aliphatic carbocycles. The Bertz CT molecular complexity index is 580. The van der Waals surface area contributed by atoms with Crippen molar-refractivity contribution in [3.63, 3.8) is 0 Å². The van der Waals surface area contributed by atoms with Gasteiger partial charge in [-0.1, -0.05) is 38.3 Å². The molecule has 1 rings (SSSR count). The number of thiol groups is 1. The van der Waals surface area contributed by atoms with Gasteiger partial charge in [0.2, 0.25) is 0 Å². The van der Waals surface area contributed by atoms with Crippen LogP contribution in [0.5, 0.6) is 0 Å². The summed E-state index contributed by atoms with van der Waals surface area (Å²) < 4.78 is 5.40. The number of carboxylic acids is 1. The molecule has 0 aliphatic rings. The maximum Gasteiger partial charge on any atom is 0.415 e. The number of benzene rings is 1. The van der Waals surface area contributed by atoms with E-state index in [1.807, 2.05) is 12.1 Å². The minimum absolute atomic E-state index is 0.00660. The molecule has 0 bridgehead atoms. The minimum Gasteiger partial charge on any atom is -0.480 e. The summed E-state index contributed by atoms with van der Waals surface area (Å²) in [4.78, 5) is 25.4. The molecule has 0 fully saturated rings. The number of ether oxygens (including phenoxy) is 1. The molecule has 5 nitrogen and oxygen atoms in total. The van der Waals surface area contributed by atoms with E-state index in [1.54, 1.807) is 32.9 Å². The Morgan fingerprint density at radius 2 is 1.77 bits per heavy atom. The number of carboxylic acid groups (broad SMARTS) is 1. The Morgan fingerprint density at radius 1 is 1.15 bits per heavy atom. The molecule has 0 saturated heterocycles. The largest absolute Gasteiger partial charge is 0.480 e. The summed E-state index contributed by atoms with van der Waals surface area (Å²) in [5.74, 6) is -1.12. The van der Waals surface area contributed by atoms with Crippen molar-refractivity contribution >= 4 is 30.4 Å². The van der Waals surface area contributed by atoms with Crippen molar-refractivity contribution < 1.29 is 19.4 Å². The summed E-state index contributed by atoms with van der Waals surface area (Å²) in [6.07, 6.45) is 5.04. The zero-order valence-corrected chi connectivity index (χ0v) is 17.1. The van der Waals surface area contributed by atoms with E-state index >= 15 is 0 Å². The highest BCUT2D eigenvalue weighted by Gasteiger charge is 2.33. The number of nitrogens with zero attached hydrogens (tertiary/aromatic N) is 1. The Hall–Kier alpha value is -1.69. The molecule has 0 spiro atoms. The van der Waals surface area contributed by atoms with Gasteiger partial charge in [0.1, 0.15) is 11.6 Å². The van der Waals surface area contributed by atoms with E-state index in [1.165, 1.54) is 29.7 Å². The summed E-state index contributed by atoms with van der Waals surface area (Å²) in [7, 11) is 0. The lowest BCUT2D eigenvalue weighted by Crippen LogP contribution is -2.48. The van der Waals surface area contributed by atoms with E-state index in [0.29, 0.717) is 5.69 Å². The number of carbonyl (C=O) groups excluding carboxylic acids is 1. The van der Waals surface area contributed by atoms with Crippen molar-refractivity contribution in [1.29, 1.82) is 0 Å². The summed E-state index contributed by atoms with van der Waals surface area (Å²) in [6, 6.07) is 6.34. The van der Waals surface area contributed by atoms with Gasteiger partial charge < -0.3 is 9.84 Å². The average molecular weight is 382 g/mol. The molecule has 1 amide bonds. The molecule has 0 radical (unpaired) electrons. The number of carbonyl (C=O) groups is 2. The van der Waals surface area contributed by atoms with Gasteiger partial charge in [-0.2, -0.15) is 12.6 Å². The topological polar surface area (TPSA) is 66.8 Å². The van der Waals surface area contributed by atoms with Gasteiger partial charge in [-0.25, -0.2) is 9.59 Å². The maximum absolute atomic E-state index is 12.6. The second-order valence-corrected chi connectivity index (χ2v) is 7.73. The average Bonchev–Trinajstić information content (AvgIpc) is 2.55. The van der Waals surface area contributed by atoms with Crippen LogP contribution in [-0.2, 0) is 16.0 Å². The summed E-state index contributed by atoms with van der Waals surface area (Å²) in [6.45, 7) is 7.43. The second kappa shape index (κ2) is 10.5. The summed E-state index contributed by atoms with van der Waals surface area (Å²) >= 11 is 4.11. The van der Waals surface area contributed by atoms with Crippen LogP contribution in [0, 0.1) is 0 Å². The molecule has 1 atom stereocenters. The van der Waals surface area contributed by atoms with Crippen LogP contribution in [0.1, 0.15) is 58.9 Å². The second-order valence-electron chi connectivity index (χ2n) is 7.36. The minimum atomic E-state index is -1.12. The fourth-order valence-electron chi connectivity index (χ4n) is 2.57. The van der Waals surface area contributed by atoms with Crippen LogP contribution >= 0.6 is 12.6 Å². The number of anilines is 1. The van der Waals surface area contributed by atoms with Crippen molar-refractivity contribution in [3.05, 3.63) is 29.8 Å². The Morgan fingerprint density at radius 3 is 2.23 bits per heavy atom. The van der Waals surface area contributed by atoms with E-state index in [2.05, 4.69) is 19.6 Å². The van der Waals surface area contributed by atoms with Crippen LogP contribution < -0.4 is 4.90 Å². The molecular weight excluding hydrogens is 350 g/mol. The van der Waals surface area contributed by atoms with E-state index in [9.17, 15) is 14.7 Å². The highest BCUT2D eigenvalue weighted by molar-refractivity contribution is 7.80. The smallest absolute Gasteiger partial charge is 0.415 e. The number of hydrogen-bond acceptors (Lipinski definition) is 4. The van der Waals surface area contributed by atoms with Crippen molar-refractivity contribution in [2.45, 2.75) is 71.4 Å². The number of amides is 1. The molecule has 0 aromatic heterocycles. The monoisotopic (exact) mass is 381 g/mol. The lowest BCUT2D eigenvalue weighted by atomic mass is 10.1. The van der Waals surface area contributed by atoms with Gasteiger partial charge in [-0.05, 0) is 51.3 Å². The van der Waals surface area contributed by atoms with Crippen molar-refractivity contribution in [2.75, 3.05) is 10.7 Å². The van der Waals surface area contributed by atoms with Gasteiger partial charge in [-0.15, -0.1) is 0 Å². The third-order valence-electron chi connectivity index (χ3n) is 3.89. The molecule has 146 valence electrons. The first kappa shape index (κ1) is 22.4. The molecule has 1 aromatic rings. The van der Waals surface area contributed by atoms with Gasteiger partial charge in [0, 0.05) is 11.4 Å². The van der Waals surface area contributed by atoms with E-state index in [-0.39, 0.29) is 5.75 Å². The first-order chi connectivity index (χ1) is 12.2. The molecule has 0 aliphatic heterocycles. The normalized spacial score (nSPS) is 12.5. The Balaban J connectivity index is 2.99. The molecule has 1 N–H and O–H groups in total. The Labute approximate surface area is 162 Å². The maximum atomic E-state index is 12.6. The van der Waals surface area contributed by atoms with Gasteiger partial charge in [0.25, 0.3) is 0 Å².